The number of benzene rings is 2. The highest BCUT2D eigenvalue weighted by molar-refractivity contribution is 7.80. The lowest BCUT2D eigenvalue weighted by Gasteiger charge is -2.15. The number of rotatable bonds is 7. The fourth-order valence-corrected chi connectivity index (χ4v) is 2.73. The molecule has 0 fully saturated rings. The molecule has 2 amide bonds. The third-order valence-electron chi connectivity index (χ3n) is 3.91. The Morgan fingerprint density at radius 3 is 2.06 bits per heavy atom. The molecule has 0 aromatic heterocycles. The zero-order chi connectivity index (χ0) is 23.0. The van der Waals surface area contributed by atoms with E-state index in [2.05, 4.69) is 16.2 Å². The van der Waals surface area contributed by atoms with Crippen LogP contribution in [0.3, 0.4) is 0 Å². The quantitative estimate of drug-likeness (QED) is 0.439. The largest absolute Gasteiger partial charge is 0.493 e. The van der Waals surface area contributed by atoms with E-state index in [1.54, 1.807) is 24.3 Å². The minimum atomic E-state index is -0.525. The number of amides is 2. The van der Waals surface area contributed by atoms with Crippen molar-refractivity contribution in [3.63, 3.8) is 0 Å². The highest BCUT2D eigenvalue weighted by atomic mass is 32.1. The Labute approximate surface area is 186 Å². The molecule has 0 radical (unpaired) electrons. The molecule has 2 rings (SSSR count). The monoisotopic (exact) mass is 447 g/mol. The van der Waals surface area contributed by atoms with E-state index in [1.165, 1.54) is 33.5 Å². The number of hydrogen-bond acceptors (Lipinski definition) is 7. The van der Waals surface area contributed by atoms with Crippen molar-refractivity contribution in [3.8, 4) is 23.0 Å². The summed E-state index contributed by atoms with van der Waals surface area (Å²) in [6.45, 7) is 3.78. The Bertz CT molecular complexity index is 939. The standard InChI is InChI=1S/C21H25N3O6S/c1-12(2)30-15-8-6-7-13(9-15)19(25)22-21(31)24-23-20(26)14-10-16(27-3)18(29-5)17(11-14)28-4/h6-12H,1-5H3,(H,23,26)(H2,22,24,25,31). The second kappa shape index (κ2) is 11.0. The number of hydrazine groups is 1. The minimum Gasteiger partial charge on any atom is -0.493 e. The van der Waals surface area contributed by atoms with E-state index >= 15 is 0 Å². The van der Waals surface area contributed by atoms with Crippen molar-refractivity contribution < 1.29 is 28.5 Å². The van der Waals surface area contributed by atoms with Gasteiger partial charge in [-0.05, 0) is 56.4 Å². The van der Waals surface area contributed by atoms with Gasteiger partial charge in [0.05, 0.1) is 27.4 Å². The summed E-state index contributed by atoms with van der Waals surface area (Å²) in [7, 11) is 4.36. The third kappa shape index (κ3) is 6.48. The van der Waals surface area contributed by atoms with E-state index < -0.39 is 11.8 Å². The van der Waals surface area contributed by atoms with Crippen LogP contribution in [0, 0.1) is 0 Å². The maximum atomic E-state index is 12.5. The van der Waals surface area contributed by atoms with E-state index in [0.29, 0.717) is 28.6 Å². The van der Waals surface area contributed by atoms with E-state index in [-0.39, 0.29) is 16.8 Å². The summed E-state index contributed by atoms with van der Waals surface area (Å²) < 4.78 is 21.3. The molecule has 0 aliphatic heterocycles. The lowest BCUT2D eigenvalue weighted by atomic mass is 10.1. The van der Waals surface area contributed by atoms with Crippen LogP contribution in [-0.2, 0) is 0 Å². The molecular weight excluding hydrogens is 422 g/mol. The van der Waals surface area contributed by atoms with Gasteiger partial charge in [0.1, 0.15) is 5.75 Å². The SMILES string of the molecule is COc1cc(C(=O)NNC(=S)NC(=O)c2cccc(OC(C)C)c2)cc(OC)c1OC. The molecule has 10 heteroatoms. The Morgan fingerprint density at radius 1 is 0.871 bits per heavy atom. The molecule has 0 atom stereocenters. The van der Waals surface area contributed by atoms with Crippen LogP contribution < -0.4 is 35.1 Å². The zero-order valence-corrected chi connectivity index (χ0v) is 18.7. The van der Waals surface area contributed by atoms with Crippen LogP contribution in [0.5, 0.6) is 23.0 Å². The fraction of sp³-hybridized carbons (Fsp3) is 0.286. The van der Waals surface area contributed by atoms with E-state index in [1.807, 2.05) is 13.8 Å². The average Bonchev–Trinajstić information content (AvgIpc) is 2.75. The first kappa shape index (κ1) is 23.7. The third-order valence-corrected chi connectivity index (χ3v) is 4.12. The van der Waals surface area contributed by atoms with Gasteiger partial charge in [-0.15, -0.1) is 0 Å². The molecule has 0 heterocycles. The first-order valence-corrected chi connectivity index (χ1v) is 9.68. The topological polar surface area (TPSA) is 107 Å². The lowest BCUT2D eigenvalue weighted by molar-refractivity contribution is 0.0934. The van der Waals surface area contributed by atoms with Gasteiger partial charge in [-0.25, -0.2) is 0 Å². The number of hydrogen-bond donors (Lipinski definition) is 3. The van der Waals surface area contributed by atoms with Crippen LogP contribution in [0.25, 0.3) is 0 Å². The molecule has 3 N–H and O–H groups in total. The van der Waals surface area contributed by atoms with Crippen molar-refractivity contribution >= 4 is 29.1 Å². The van der Waals surface area contributed by atoms with Crippen molar-refractivity contribution in [2.75, 3.05) is 21.3 Å². The smallest absolute Gasteiger partial charge is 0.269 e. The summed E-state index contributed by atoms with van der Waals surface area (Å²) in [5, 5.41) is 2.41. The van der Waals surface area contributed by atoms with Crippen LogP contribution in [0.4, 0.5) is 0 Å². The molecule has 2 aromatic carbocycles. The lowest BCUT2D eigenvalue weighted by Crippen LogP contribution is -2.48. The maximum Gasteiger partial charge on any atom is 0.269 e. The number of nitrogens with one attached hydrogen (secondary N) is 3. The summed E-state index contributed by atoms with van der Waals surface area (Å²) in [5.74, 6) is 0.605. The maximum absolute atomic E-state index is 12.5. The summed E-state index contributed by atoms with van der Waals surface area (Å²) >= 11 is 5.08. The van der Waals surface area contributed by atoms with Gasteiger partial charge in [-0.1, -0.05) is 6.07 Å². The van der Waals surface area contributed by atoms with Gasteiger partial charge in [-0.3, -0.25) is 25.8 Å². The molecule has 0 bridgehead atoms. The van der Waals surface area contributed by atoms with E-state index in [4.69, 9.17) is 31.2 Å². The molecule has 0 spiro atoms. The van der Waals surface area contributed by atoms with Crippen molar-refractivity contribution in [2.45, 2.75) is 20.0 Å². The predicted molar refractivity (Wildman–Crippen MR) is 119 cm³/mol. The highest BCUT2D eigenvalue weighted by Gasteiger charge is 2.17. The Hall–Kier alpha value is -3.53. The first-order chi connectivity index (χ1) is 14.8. The average molecular weight is 448 g/mol. The molecule has 2 aromatic rings. The summed E-state index contributed by atoms with van der Waals surface area (Å²) in [5.41, 5.74) is 5.49. The molecule has 0 aliphatic rings. The normalized spacial score (nSPS) is 10.1. The highest BCUT2D eigenvalue weighted by Crippen LogP contribution is 2.38. The number of carbonyl (C=O) groups is 2. The summed E-state index contributed by atoms with van der Waals surface area (Å²) in [6.07, 6.45) is -0.0218. The van der Waals surface area contributed by atoms with Gasteiger partial charge in [0.2, 0.25) is 5.75 Å². The molecule has 0 unspecified atom stereocenters. The molecule has 0 saturated carbocycles. The van der Waals surface area contributed by atoms with Crippen LogP contribution in [0.15, 0.2) is 36.4 Å². The fourth-order valence-electron chi connectivity index (χ4n) is 2.59. The van der Waals surface area contributed by atoms with Crippen LogP contribution in [0.1, 0.15) is 34.6 Å². The molecule has 0 aliphatic carbocycles. The number of carbonyl (C=O) groups excluding carboxylic acids is 2. The summed E-state index contributed by atoms with van der Waals surface area (Å²) in [4.78, 5) is 24.9. The van der Waals surface area contributed by atoms with E-state index in [9.17, 15) is 9.59 Å². The van der Waals surface area contributed by atoms with Crippen LogP contribution >= 0.6 is 12.2 Å². The second-order valence-corrected chi connectivity index (χ2v) is 6.88. The van der Waals surface area contributed by atoms with Crippen LogP contribution in [-0.4, -0.2) is 44.4 Å². The van der Waals surface area contributed by atoms with Gasteiger partial charge >= 0.3 is 0 Å². The van der Waals surface area contributed by atoms with Gasteiger partial charge in [0.15, 0.2) is 16.6 Å². The molecule has 0 saturated heterocycles. The number of thiocarbonyl (C=S) groups is 1. The molecule has 9 nitrogen and oxygen atoms in total. The zero-order valence-electron chi connectivity index (χ0n) is 17.9. The predicted octanol–water partition coefficient (Wildman–Crippen LogP) is 2.45. The van der Waals surface area contributed by atoms with E-state index in [0.717, 1.165) is 0 Å². The molecule has 166 valence electrons. The second-order valence-electron chi connectivity index (χ2n) is 6.47. The van der Waals surface area contributed by atoms with Crippen LogP contribution in [0.2, 0.25) is 0 Å². The van der Waals surface area contributed by atoms with Gasteiger partial charge < -0.3 is 18.9 Å². The van der Waals surface area contributed by atoms with Crippen molar-refractivity contribution in [3.05, 3.63) is 47.5 Å². The van der Waals surface area contributed by atoms with Crippen molar-refractivity contribution in [1.29, 1.82) is 0 Å². The Morgan fingerprint density at radius 2 is 1.52 bits per heavy atom. The Kier molecular flexibility index (Phi) is 8.44. The number of methoxy groups -OCH3 is 3. The first-order valence-electron chi connectivity index (χ1n) is 9.27. The molecular formula is C21H25N3O6S. The summed E-state index contributed by atoms with van der Waals surface area (Å²) in [6, 6.07) is 9.66. The Balaban J connectivity index is 2.00. The van der Waals surface area contributed by atoms with Gasteiger partial charge in [0.25, 0.3) is 11.8 Å². The van der Waals surface area contributed by atoms with Gasteiger partial charge in [0, 0.05) is 11.1 Å². The van der Waals surface area contributed by atoms with Gasteiger partial charge in [-0.2, -0.15) is 0 Å². The van der Waals surface area contributed by atoms with Crippen molar-refractivity contribution in [1.82, 2.24) is 16.2 Å². The molecule has 31 heavy (non-hydrogen) atoms. The van der Waals surface area contributed by atoms with Crippen molar-refractivity contribution in [2.24, 2.45) is 0 Å². The number of ether oxygens (including phenoxy) is 4. The minimum absolute atomic E-state index is 0.0218.